The number of aliphatic hydroxyl groups excluding tert-OH is 7. The van der Waals surface area contributed by atoms with Gasteiger partial charge in [0.2, 0.25) is 0 Å². The number of esters is 1. The van der Waals surface area contributed by atoms with E-state index in [-0.39, 0.29) is 6.42 Å². The lowest BCUT2D eigenvalue weighted by Gasteiger charge is -2.44. The maximum absolute atomic E-state index is 12.0. The van der Waals surface area contributed by atoms with Gasteiger partial charge in [0.25, 0.3) is 0 Å². The van der Waals surface area contributed by atoms with Crippen molar-refractivity contribution in [2.45, 2.75) is 107 Å². The van der Waals surface area contributed by atoms with Gasteiger partial charge in [-0.05, 0) is 12.3 Å². The molecule has 0 bridgehead atoms. The molecule has 2 fully saturated rings. The minimum absolute atomic E-state index is 0.191. The average molecular weight is 483 g/mol. The van der Waals surface area contributed by atoms with Crippen molar-refractivity contribution >= 4 is 5.97 Å². The summed E-state index contributed by atoms with van der Waals surface area (Å²) in [5.74, 6) is 0.101. The second kappa shape index (κ2) is 13.2. The molecule has 2 rings (SSSR count). The molecule has 10 atom stereocenters. The Balaban J connectivity index is 1.88. The van der Waals surface area contributed by atoms with Crippen molar-refractivity contribution in [3.63, 3.8) is 0 Å². The highest BCUT2D eigenvalue weighted by Crippen LogP contribution is 2.28. The average Bonchev–Trinajstić information content (AvgIpc) is 2.78. The molecule has 2 aliphatic heterocycles. The van der Waals surface area contributed by atoms with Crippen LogP contribution in [0, 0.1) is 5.92 Å². The maximum atomic E-state index is 12.0. The second-order valence-electron chi connectivity index (χ2n) is 9.02. The fraction of sp³-hybridized carbons (Fsp3) is 0.952. The minimum Gasteiger partial charge on any atom is -0.463 e. The summed E-state index contributed by atoms with van der Waals surface area (Å²) in [6, 6.07) is 0. The maximum Gasteiger partial charge on any atom is 0.305 e. The van der Waals surface area contributed by atoms with Gasteiger partial charge in [0.05, 0.1) is 6.61 Å². The Morgan fingerprint density at radius 2 is 1.33 bits per heavy atom. The van der Waals surface area contributed by atoms with Crippen LogP contribution in [0.1, 0.15) is 46.0 Å². The molecule has 0 aromatic rings. The molecule has 0 saturated carbocycles. The van der Waals surface area contributed by atoms with Gasteiger partial charge < -0.3 is 54.7 Å². The zero-order valence-electron chi connectivity index (χ0n) is 19.0. The van der Waals surface area contributed by atoms with E-state index in [1.807, 2.05) is 0 Å². The second-order valence-corrected chi connectivity index (χ2v) is 9.02. The standard InChI is InChI=1S/C21H38O12/c1-10(2)6-4-3-5-7-13(23)30-9-12-15(25)17(27)19(29)21(32-12)33-20-18(28)16(26)14(24)11(8-22)31-20/h10-12,14-22,24-29H,3-9H2,1-2H3. The molecule has 2 saturated heterocycles. The van der Waals surface area contributed by atoms with Crippen molar-refractivity contribution in [2.75, 3.05) is 13.2 Å². The third-order valence-electron chi connectivity index (χ3n) is 5.86. The van der Waals surface area contributed by atoms with E-state index in [1.165, 1.54) is 0 Å². The Morgan fingerprint density at radius 1 is 0.788 bits per heavy atom. The number of rotatable bonds is 11. The molecule has 0 spiro atoms. The molecule has 0 aromatic heterocycles. The predicted molar refractivity (Wildman–Crippen MR) is 110 cm³/mol. The smallest absolute Gasteiger partial charge is 0.305 e. The van der Waals surface area contributed by atoms with Gasteiger partial charge in [-0.15, -0.1) is 0 Å². The van der Waals surface area contributed by atoms with E-state index >= 15 is 0 Å². The molecule has 0 aromatic carbocycles. The Hall–Kier alpha value is -0.930. The van der Waals surface area contributed by atoms with Gasteiger partial charge in [-0.3, -0.25) is 4.79 Å². The monoisotopic (exact) mass is 482 g/mol. The van der Waals surface area contributed by atoms with E-state index in [4.69, 9.17) is 18.9 Å². The zero-order chi connectivity index (χ0) is 24.7. The zero-order valence-corrected chi connectivity index (χ0v) is 19.0. The third-order valence-corrected chi connectivity index (χ3v) is 5.86. The molecular formula is C21H38O12. The number of carbonyl (C=O) groups is 1. The van der Waals surface area contributed by atoms with Crippen LogP contribution < -0.4 is 0 Å². The number of hydrogen-bond acceptors (Lipinski definition) is 12. The minimum atomic E-state index is -1.76. The number of unbranched alkanes of at least 4 members (excludes halogenated alkanes) is 2. The van der Waals surface area contributed by atoms with Crippen molar-refractivity contribution < 1.29 is 59.5 Å². The SMILES string of the molecule is CC(C)CCCCCC(=O)OCC1OC(OC2OC(CO)C(O)C(O)C2O)C(O)C(O)C1O. The van der Waals surface area contributed by atoms with Crippen LogP contribution in [0.15, 0.2) is 0 Å². The quantitative estimate of drug-likeness (QED) is 0.124. The summed E-state index contributed by atoms with van der Waals surface area (Å²) in [6.07, 6.45) is -12.1. The number of carbonyl (C=O) groups excluding carboxylic acids is 1. The summed E-state index contributed by atoms with van der Waals surface area (Å²) in [5, 5.41) is 69.6. The van der Waals surface area contributed by atoms with Crippen LogP contribution in [0.25, 0.3) is 0 Å². The van der Waals surface area contributed by atoms with Crippen LogP contribution in [0.5, 0.6) is 0 Å². The number of hydrogen-bond donors (Lipinski definition) is 7. The molecule has 10 unspecified atom stereocenters. The van der Waals surface area contributed by atoms with Gasteiger partial charge in [-0.2, -0.15) is 0 Å². The Labute approximate surface area is 192 Å². The molecule has 12 nitrogen and oxygen atoms in total. The first-order valence-corrected chi connectivity index (χ1v) is 11.4. The van der Waals surface area contributed by atoms with Gasteiger partial charge in [-0.25, -0.2) is 0 Å². The molecular weight excluding hydrogens is 444 g/mol. The molecule has 2 aliphatic rings. The van der Waals surface area contributed by atoms with Crippen molar-refractivity contribution in [2.24, 2.45) is 5.92 Å². The van der Waals surface area contributed by atoms with E-state index < -0.39 is 80.6 Å². The van der Waals surface area contributed by atoms with Crippen molar-refractivity contribution in [3.05, 3.63) is 0 Å². The first-order valence-electron chi connectivity index (χ1n) is 11.4. The fourth-order valence-corrected chi connectivity index (χ4v) is 3.72. The van der Waals surface area contributed by atoms with E-state index in [1.54, 1.807) is 0 Å². The first-order chi connectivity index (χ1) is 15.6. The summed E-state index contributed by atoms with van der Waals surface area (Å²) in [5.41, 5.74) is 0. The third kappa shape index (κ3) is 7.79. The number of ether oxygens (including phenoxy) is 4. The Kier molecular flexibility index (Phi) is 11.4. The lowest BCUT2D eigenvalue weighted by atomic mass is 9.98. The molecule has 0 amide bonds. The molecule has 7 N–H and O–H groups in total. The Morgan fingerprint density at radius 3 is 1.88 bits per heavy atom. The summed E-state index contributed by atoms with van der Waals surface area (Å²) in [6.45, 7) is 3.16. The largest absolute Gasteiger partial charge is 0.463 e. The summed E-state index contributed by atoms with van der Waals surface area (Å²) in [7, 11) is 0. The molecule has 194 valence electrons. The lowest BCUT2D eigenvalue weighted by Crippen LogP contribution is -2.63. The molecule has 33 heavy (non-hydrogen) atoms. The van der Waals surface area contributed by atoms with Gasteiger partial charge in [0.15, 0.2) is 12.6 Å². The predicted octanol–water partition coefficient (Wildman–Crippen LogP) is -2.24. The van der Waals surface area contributed by atoms with Crippen LogP contribution in [0.4, 0.5) is 0 Å². The normalized spacial score (nSPS) is 39.6. The van der Waals surface area contributed by atoms with Crippen molar-refractivity contribution in [3.8, 4) is 0 Å². The van der Waals surface area contributed by atoms with Gasteiger partial charge in [-0.1, -0.05) is 33.1 Å². The highest BCUT2D eigenvalue weighted by atomic mass is 16.8. The van der Waals surface area contributed by atoms with E-state index in [0.717, 1.165) is 19.3 Å². The van der Waals surface area contributed by atoms with Crippen LogP contribution in [0.3, 0.4) is 0 Å². The van der Waals surface area contributed by atoms with Crippen LogP contribution in [-0.2, 0) is 23.7 Å². The highest BCUT2D eigenvalue weighted by molar-refractivity contribution is 5.69. The number of aliphatic hydroxyl groups is 7. The van der Waals surface area contributed by atoms with E-state index in [2.05, 4.69) is 13.8 Å². The topological polar surface area (TPSA) is 196 Å². The van der Waals surface area contributed by atoms with E-state index in [9.17, 15) is 40.5 Å². The van der Waals surface area contributed by atoms with Crippen molar-refractivity contribution in [1.29, 1.82) is 0 Å². The van der Waals surface area contributed by atoms with E-state index in [0.29, 0.717) is 12.3 Å². The lowest BCUT2D eigenvalue weighted by molar-refractivity contribution is -0.376. The summed E-state index contributed by atoms with van der Waals surface area (Å²) >= 11 is 0. The molecule has 0 aliphatic carbocycles. The van der Waals surface area contributed by atoms with Gasteiger partial charge in [0, 0.05) is 6.42 Å². The molecule has 12 heteroatoms. The summed E-state index contributed by atoms with van der Waals surface area (Å²) < 4.78 is 21.1. The van der Waals surface area contributed by atoms with Crippen LogP contribution in [-0.4, -0.2) is 116 Å². The molecule has 2 heterocycles. The highest BCUT2D eigenvalue weighted by Gasteiger charge is 2.49. The fourth-order valence-electron chi connectivity index (χ4n) is 3.72. The van der Waals surface area contributed by atoms with Crippen molar-refractivity contribution in [1.82, 2.24) is 0 Å². The first kappa shape index (κ1) is 28.3. The van der Waals surface area contributed by atoms with Crippen LogP contribution in [0.2, 0.25) is 0 Å². The molecule has 0 radical (unpaired) electrons. The van der Waals surface area contributed by atoms with Gasteiger partial charge in [0.1, 0.15) is 55.4 Å². The Bertz CT molecular complexity index is 588. The van der Waals surface area contributed by atoms with Crippen LogP contribution >= 0.6 is 0 Å². The summed E-state index contributed by atoms with van der Waals surface area (Å²) in [4.78, 5) is 12.0. The van der Waals surface area contributed by atoms with Gasteiger partial charge >= 0.3 is 5.97 Å².